The minimum atomic E-state index is -3.25. The zero-order chi connectivity index (χ0) is 22.2. The van der Waals surface area contributed by atoms with Crippen molar-refractivity contribution in [2.45, 2.75) is 59.0 Å². The van der Waals surface area contributed by atoms with E-state index in [1.54, 1.807) is 25.7 Å². The van der Waals surface area contributed by atoms with Gasteiger partial charge in [-0.2, -0.15) is 0 Å². The minimum Gasteiger partial charge on any atom is -0.459 e. The number of carbonyl (C=O) groups is 2. The summed E-state index contributed by atoms with van der Waals surface area (Å²) in [6, 6.07) is 0. The fourth-order valence-electron chi connectivity index (χ4n) is 3.21. The van der Waals surface area contributed by atoms with Gasteiger partial charge in [-0.15, -0.1) is 0 Å². The van der Waals surface area contributed by atoms with Crippen LogP contribution in [0, 0.1) is 5.92 Å². The molecule has 0 aliphatic carbocycles. The van der Waals surface area contributed by atoms with E-state index in [0.29, 0.717) is 45.4 Å². The summed E-state index contributed by atoms with van der Waals surface area (Å²) in [6.45, 7) is 9.06. The number of piperidine rings is 1. The van der Waals surface area contributed by atoms with E-state index in [0.717, 1.165) is 6.42 Å². The van der Waals surface area contributed by atoms with Gasteiger partial charge in [0.25, 0.3) is 0 Å². The van der Waals surface area contributed by atoms with E-state index >= 15 is 0 Å². The number of unbranched alkanes of at least 4 members (excludes halogenated alkanes) is 1. The van der Waals surface area contributed by atoms with Crippen molar-refractivity contribution in [1.82, 2.24) is 14.1 Å². The van der Waals surface area contributed by atoms with Crippen molar-refractivity contribution in [1.29, 1.82) is 0 Å². The van der Waals surface area contributed by atoms with Crippen LogP contribution in [-0.2, 0) is 24.3 Å². The van der Waals surface area contributed by atoms with Gasteiger partial charge < -0.3 is 14.5 Å². The molecule has 1 rings (SSSR count). The van der Waals surface area contributed by atoms with Crippen LogP contribution in [-0.4, -0.2) is 92.6 Å². The highest BCUT2D eigenvalue weighted by Gasteiger charge is 2.33. The second kappa shape index (κ2) is 11.3. The van der Waals surface area contributed by atoms with Gasteiger partial charge >= 0.3 is 5.97 Å². The van der Waals surface area contributed by atoms with Crippen molar-refractivity contribution in [2.75, 3.05) is 52.6 Å². The average molecular weight is 434 g/mol. The molecule has 0 radical (unpaired) electrons. The Morgan fingerprint density at radius 1 is 1.10 bits per heavy atom. The molecule has 0 aromatic rings. The molecule has 1 heterocycles. The van der Waals surface area contributed by atoms with E-state index in [9.17, 15) is 18.0 Å². The van der Waals surface area contributed by atoms with Gasteiger partial charge in [0.1, 0.15) is 12.1 Å². The molecule has 0 aromatic carbocycles. The quantitative estimate of drug-likeness (QED) is 0.486. The second-order valence-corrected chi connectivity index (χ2v) is 11.1. The van der Waals surface area contributed by atoms with Gasteiger partial charge in [-0.05, 0) is 54.1 Å². The monoisotopic (exact) mass is 433 g/mol. The Hall–Kier alpha value is -1.19. The largest absolute Gasteiger partial charge is 0.459 e. The van der Waals surface area contributed by atoms with Crippen molar-refractivity contribution in [3.63, 3.8) is 0 Å². The molecular weight excluding hydrogens is 394 g/mol. The summed E-state index contributed by atoms with van der Waals surface area (Å²) in [4.78, 5) is 28.9. The van der Waals surface area contributed by atoms with E-state index in [4.69, 9.17) is 4.74 Å². The van der Waals surface area contributed by atoms with Crippen molar-refractivity contribution in [2.24, 2.45) is 5.92 Å². The Morgan fingerprint density at radius 3 is 2.17 bits per heavy atom. The lowest BCUT2D eigenvalue weighted by Crippen LogP contribution is -2.48. The Morgan fingerprint density at radius 2 is 1.69 bits per heavy atom. The number of nitrogens with zero attached hydrogens (tertiary/aromatic N) is 3. The van der Waals surface area contributed by atoms with Crippen molar-refractivity contribution in [3.8, 4) is 0 Å². The summed E-state index contributed by atoms with van der Waals surface area (Å²) in [6.07, 6.45) is 2.45. The summed E-state index contributed by atoms with van der Waals surface area (Å²) in [5, 5.41) is 0. The smallest absolute Gasteiger partial charge is 0.326 e. The standard InChI is InChI=1S/C20H39N3O5S/c1-7-8-15-29(26,27)23-11-9-17(10-12-23)19(25)22(14-13-21(5)6)16-18(24)28-20(2,3)4/h17H,7-16H2,1-6H3. The van der Waals surface area contributed by atoms with Gasteiger partial charge in [-0.25, -0.2) is 12.7 Å². The van der Waals surface area contributed by atoms with Crippen LogP contribution >= 0.6 is 0 Å². The molecule has 0 atom stereocenters. The lowest BCUT2D eigenvalue weighted by atomic mass is 9.96. The highest BCUT2D eigenvalue weighted by atomic mass is 32.2. The number of rotatable bonds is 10. The van der Waals surface area contributed by atoms with Crippen LogP contribution in [0.4, 0.5) is 0 Å². The molecule has 0 spiro atoms. The molecule has 1 amide bonds. The second-order valence-electron chi connectivity index (χ2n) is 8.99. The van der Waals surface area contributed by atoms with Crippen molar-refractivity contribution >= 4 is 21.9 Å². The van der Waals surface area contributed by atoms with Gasteiger partial charge in [-0.1, -0.05) is 13.3 Å². The third-order valence-corrected chi connectivity index (χ3v) is 6.78. The summed E-state index contributed by atoms with van der Waals surface area (Å²) in [7, 11) is 0.577. The zero-order valence-corrected chi connectivity index (χ0v) is 19.8. The molecule has 8 nitrogen and oxygen atoms in total. The molecule has 29 heavy (non-hydrogen) atoms. The maximum absolute atomic E-state index is 13.1. The summed E-state index contributed by atoms with van der Waals surface area (Å²) in [5.41, 5.74) is -0.606. The SMILES string of the molecule is CCCCS(=O)(=O)N1CCC(C(=O)N(CCN(C)C)CC(=O)OC(C)(C)C)CC1. The van der Waals surface area contributed by atoms with E-state index in [-0.39, 0.29) is 24.1 Å². The van der Waals surface area contributed by atoms with Crippen LogP contribution in [0.25, 0.3) is 0 Å². The molecule has 9 heteroatoms. The Kier molecular flexibility index (Phi) is 10.0. The normalized spacial score (nSPS) is 16.8. The number of amides is 1. The molecule has 0 N–H and O–H groups in total. The first-order valence-corrected chi connectivity index (χ1v) is 12.1. The van der Waals surface area contributed by atoms with Gasteiger partial charge in [0.15, 0.2) is 0 Å². The Balaban J connectivity index is 2.73. The minimum absolute atomic E-state index is 0.0844. The first-order valence-electron chi connectivity index (χ1n) is 10.5. The molecule has 0 aromatic heterocycles. The lowest BCUT2D eigenvalue weighted by Gasteiger charge is -2.34. The molecule has 1 aliphatic heterocycles. The Bertz CT molecular complexity index is 635. The fourth-order valence-corrected chi connectivity index (χ4v) is 4.89. The van der Waals surface area contributed by atoms with Crippen molar-refractivity contribution < 1.29 is 22.7 Å². The van der Waals surface area contributed by atoms with E-state index in [1.807, 2.05) is 25.9 Å². The van der Waals surface area contributed by atoms with Gasteiger partial charge in [-0.3, -0.25) is 9.59 Å². The van der Waals surface area contributed by atoms with Crippen LogP contribution < -0.4 is 0 Å². The summed E-state index contributed by atoms with van der Waals surface area (Å²) >= 11 is 0. The Labute approximate surface area is 176 Å². The molecule has 0 saturated carbocycles. The summed E-state index contributed by atoms with van der Waals surface area (Å²) in [5.74, 6) is -0.625. The van der Waals surface area contributed by atoms with E-state index in [2.05, 4.69) is 0 Å². The van der Waals surface area contributed by atoms with Gasteiger partial charge in [0.05, 0.1) is 5.75 Å². The van der Waals surface area contributed by atoms with Crippen LogP contribution in [0.3, 0.4) is 0 Å². The third-order valence-electron chi connectivity index (χ3n) is 4.82. The maximum atomic E-state index is 13.1. The number of likely N-dealkylation sites (N-methyl/N-ethyl adjacent to an activating group) is 1. The molecule has 1 aliphatic rings. The summed E-state index contributed by atoms with van der Waals surface area (Å²) < 4.78 is 31.6. The topological polar surface area (TPSA) is 87.2 Å². The number of ether oxygens (including phenoxy) is 1. The number of hydrogen-bond donors (Lipinski definition) is 0. The first kappa shape index (κ1) is 25.8. The third kappa shape index (κ3) is 9.44. The van der Waals surface area contributed by atoms with Crippen LogP contribution in [0.15, 0.2) is 0 Å². The molecule has 0 unspecified atom stereocenters. The molecule has 1 fully saturated rings. The average Bonchev–Trinajstić information content (AvgIpc) is 2.61. The number of carbonyl (C=O) groups excluding carboxylic acids is 2. The van der Waals surface area contributed by atoms with E-state index < -0.39 is 21.6 Å². The number of hydrogen-bond acceptors (Lipinski definition) is 6. The fraction of sp³-hybridized carbons (Fsp3) is 0.900. The highest BCUT2D eigenvalue weighted by Crippen LogP contribution is 2.22. The highest BCUT2D eigenvalue weighted by molar-refractivity contribution is 7.89. The number of esters is 1. The number of sulfonamides is 1. The molecule has 1 saturated heterocycles. The maximum Gasteiger partial charge on any atom is 0.326 e. The van der Waals surface area contributed by atoms with Crippen LogP contribution in [0.1, 0.15) is 53.4 Å². The zero-order valence-electron chi connectivity index (χ0n) is 18.9. The van der Waals surface area contributed by atoms with Crippen LogP contribution in [0.5, 0.6) is 0 Å². The predicted molar refractivity (Wildman–Crippen MR) is 114 cm³/mol. The van der Waals surface area contributed by atoms with Crippen molar-refractivity contribution in [3.05, 3.63) is 0 Å². The first-order chi connectivity index (χ1) is 13.4. The van der Waals surface area contributed by atoms with Gasteiger partial charge in [0, 0.05) is 32.1 Å². The van der Waals surface area contributed by atoms with Gasteiger partial charge in [0.2, 0.25) is 15.9 Å². The van der Waals surface area contributed by atoms with E-state index in [1.165, 1.54) is 4.31 Å². The molecular formula is C20H39N3O5S. The van der Waals surface area contributed by atoms with Crippen LogP contribution in [0.2, 0.25) is 0 Å². The predicted octanol–water partition coefficient (Wildman–Crippen LogP) is 1.56. The molecule has 170 valence electrons. The lowest BCUT2D eigenvalue weighted by molar-refractivity contribution is -0.160. The molecule has 0 bridgehead atoms.